The third kappa shape index (κ3) is 2.71. The quantitative estimate of drug-likeness (QED) is 0.767. The van der Waals surface area contributed by atoms with Crippen LogP contribution in [0.1, 0.15) is 27.7 Å². The Morgan fingerprint density at radius 1 is 1.20 bits per heavy atom. The van der Waals surface area contributed by atoms with Crippen LogP contribution in [0, 0.1) is 31.3 Å². The van der Waals surface area contributed by atoms with E-state index in [1.165, 1.54) is 6.42 Å². The molecular weight excluding hydrogens is 190 g/mol. The third-order valence-corrected chi connectivity index (χ3v) is 2.37. The zero-order chi connectivity index (χ0) is 11.6. The van der Waals surface area contributed by atoms with Gasteiger partial charge in [0, 0.05) is 18.5 Å². The van der Waals surface area contributed by atoms with Gasteiger partial charge in [-0.25, -0.2) is 0 Å². The van der Waals surface area contributed by atoms with Crippen molar-refractivity contribution < 1.29 is 9.90 Å². The molecule has 0 aromatic heterocycles. The minimum absolute atomic E-state index is 0.0614. The Labute approximate surface area is 92.5 Å². The van der Waals surface area contributed by atoms with E-state index in [4.69, 9.17) is 0 Å². The van der Waals surface area contributed by atoms with Crippen molar-refractivity contribution in [1.82, 2.24) is 4.90 Å². The summed E-state index contributed by atoms with van der Waals surface area (Å²) in [6.45, 7) is 7.88. The molecule has 0 heterocycles. The number of hydrogen-bond donors (Lipinski definition) is 1. The monoisotopic (exact) mass is 208 g/mol. The Morgan fingerprint density at radius 2 is 1.73 bits per heavy atom. The molecule has 83 valence electrons. The fraction of sp³-hybridized carbons (Fsp3) is 0.500. The van der Waals surface area contributed by atoms with Gasteiger partial charge in [-0.1, -0.05) is 0 Å². The lowest BCUT2D eigenvalue weighted by atomic mass is 10.0. The Morgan fingerprint density at radius 3 is 2.07 bits per heavy atom. The summed E-state index contributed by atoms with van der Waals surface area (Å²) in [6, 6.07) is 0.263. The second-order valence-electron chi connectivity index (χ2n) is 4.22. The number of amides is 1. The summed E-state index contributed by atoms with van der Waals surface area (Å²) in [7, 11) is 0. The van der Waals surface area contributed by atoms with E-state index in [2.05, 4.69) is 0 Å². The van der Waals surface area contributed by atoms with Crippen molar-refractivity contribution >= 4 is 5.91 Å². The van der Waals surface area contributed by atoms with Crippen LogP contribution < -0.4 is 0 Å². The van der Waals surface area contributed by atoms with Gasteiger partial charge in [0.05, 0.1) is 0 Å². The molecule has 5 radical (unpaired) electrons. The second-order valence-corrected chi connectivity index (χ2v) is 4.22. The van der Waals surface area contributed by atoms with E-state index in [1.54, 1.807) is 17.7 Å². The normalized spacial score (nSPS) is 19.1. The number of rotatable bonds is 3. The van der Waals surface area contributed by atoms with Crippen LogP contribution in [0.2, 0.25) is 0 Å². The molecule has 1 fully saturated rings. The molecule has 3 nitrogen and oxygen atoms in total. The van der Waals surface area contributed by atoms with Crippen molar-refractivity contribution in [1.29, 1.82) is 0 Å². The minimum atomic E-state index is -0.109. The Balaban J connectivity index is 2.71. The molecule has 0 atom stereocenters. The van der Waals surface area contributed by atoms with E-state index in [1.807, 2.05) is 27.7 Å². The van der Waals surface area contributed by atoms with E-state index in [0.29, 0.717) is 5.92 Å². The number of aliphatic hydroxyl groups is 1. The van der Waals surface area contributed by atoms with Crippen molar-refractivity contribution in [2.75, 3.05) is 0 Å². The second kappa shape index (κ2) is 4.97. The molecule has 0 saturated heterocycles. The first kappa shape index (κ1) is 12.5. The van der Waals surface area contributed by atoms with Crippen molar-refractivity contribution in [3.05, 3.63) is 31.3 Å². The first-order valence-electron chi connectivity index (χ1n) is 5.22. The smallest absolute Gasteiger partial charge is 0.233 e. The van der Waals surface area contributed by atoms with Crippen LogP contribution in [0.3, 0.4) is 0 Å². The zero-order valence-electron chi connectivity index (χ0n) is 9.69. The molecule has 1 aliphatic rings. The predicted octanol–water partition coefficient (Wildman–Crippen LogP) is 1.74. The molecular formula is C12H18NO2. The largest absolute Gasteiger partial charge is 0.385 e. The van der Waals surface area contributed by atoms with Gasteiger partial charge in [-0.05, 0) is 40.5 Å². The van der Waals surface area contributed by atoms with Gasteiger partial charge in [-0.2, -0.15) is 0 Å². The van der Waals surface area contributed by atoms with Crippen LogP contribution in [0.4, 0.5) is 0 Å². The maximum absolute atomic E-state index is 12.1. The van der Waals surface area contributed by atoms with Crippen LogP contribution in [0.5, 0.6) is 0 Å². The molecule has 0 bridgehead atoms. The lowest BCUT2D eigenvalue weighted by molar-refractivity contribution is -0.132. The number of nitrogens with zero attached hydrogens (tertiary/aromatic N) is 1. The Bertz CT molecular complexity index is 218. The summed E-state index contributed by atoms with van der Waals surface area (Å²) in [5.41, 5.74) is 0. The first-order valence-corrected chi connectivity index (χ1v) is 5.22. The number of hydrogen-bond acceptors (Lipinski definition) is 2. The highest BCUT2D eigenvalue weighted by Crippen LogP contribution is 2.33. The van der Waals surface area contributed by atoms with E-state index >= 15 is 0 Å². The van der Waals surface area contributed by atoms with E-state index < -0.39 is 0 Å². The molecule has 3 heteroatoms. The average molecular weight is 208 g/mol. The molecule has 0 aromatic rings. The van der Waals surface area contributed by atoms with Gasteiger partial charge in [0.2, 0.25) is 5.91 Å². The summed E-state index contributed by atoms with van der Waals surface area (Å²) >= 11 is 0. The fourth-order valence-electron chi connectivity index (χ4n) is 1.80. The number of aliphatic hydroxyl groups excluding tert-OH is 1. The topological polar surface area (TPSA) is 40.5 Å². The molecule has 0 aromatic carbocycles. The van der Waals surface area contributed by atoms with Crippen molar-refractivity contribution in [2.45, 2.75) is 39.8 Å². The maximum atomic E-state index is 12.1. The average Bonchev–Trinajstić information content (AvgIpc) is 2.49. The lowest BCUT2D eigenvalue weighted by Gasteiger charge is -2.33. The summed E-state index contributed by atoms with van der Waals surface area (Å²) in [5.74, 6) is 0.278. The highest BCUT2D eigenvalue weighted by molar-refractivity contribution is 5.97. The van der Waals surface area contributed by atoms with Gasteiger partial charge < -0.3 is 10.0 Å². The van der Waals surface area contributed by atoms with E-state index in [0.717, 1.165) is 0 Å². The summed E-state index contributed by atoms with van der Waals surface area (Å²) < 4.78 is 0. The summed E-state index contributed by atoms with van der Waals surface area (Å²) in [5, 5.41) is 9.49. The van der Waals surface area contributed by atoms with Crippen LogP contribution in [0.25, 0.3) is 0 Å². The molecule has 15 heavy (non-hydrogen) atoms. The van der Waals surface area contributed by atoms with Crippen molar-refractivity contribution in [3.63, 3.8) is 0 Å². The molecule has 1 saturated carbocycles. The summed E-state index contributed by atoms with van der Waals surface area (Å²) in [4.78, 5) is 13.8. The van der Waals surface area contributed by atoms with Crippen molar-refractivity contribution in [3.8, 4) is 0 Å². The predicted molar refractivity (Wildman–Crippen MR) is 58.4 cm³/mol. The standard InChI is InChI=1S/C12H18NO2/c1-8(2)13(9(3)4)12(15)10-6-5-7-11(10)14/h5-9,14H,1-4H3. The van der Waals surface area contributed by atoms with Crippen LogP contribution >= 0.6 is 0 Å². The number of carbonyl (C=O) groups excluding carboxylic acids is 1. The van der Waals surface area contributed by atoms with Gasteiger partial charge >= 0.3 is 0 Å². The maximum Gasteiger partial charge on any atom is 0.233 e. The van der Waals surface area contributed by atoms with Gasteiger partial charge in [-0.15, -0.1) is 0 Å². The Kier molecular flexibility index (Phi) is 4.14. The highest BCUT2D eigenvalue weighted by atomic mass is 16.3. The van der Waals surface area contributed by atoms with Crippen molar-refractivity contribution in [2.24, 2.45) is 0 Å². The van der Waals surface area contributed by atoms with E-state index in [9.17, 15) is 9.90 Å². The highest BCUT2D eigenvalue weighted by Gasteiger charge is 2.38. The molecule has 1 N–H and O–H groups in total. The van der Waals surface area contributed by atoms with E-state index in [-0.39, 0.29) is 24.1 Å². The number of carbonyl (C=O) groups is 1. The molecule has 1 aliphatic carbocycles. The first-order chi connectivity index (χ1) is 6.95. The lowest BCUT2D eigenvalue weighted by Crippen LogP contribution is -2.45. The summed E-state index contributed by atoms with van der Waals surface area (Å²) in [6.07, 6.45) is 4.93. The van der Waals surface area contributed by atoms with Crippen LogP contribution in [-0.4, -0.2) is 28.0 Å². The van der Waals surface area contributed by atoms with Gasteiger partial charge in [-0.3, -0.25) is 4.79 Å². The molecule has 1 rings (SSSR count). The Hall–Kier alpha value is -0.570. The minimum Gasteiger partial charge on any atom is -0.385 e. The third-order valence-electron chi connectivity index (χ3n) is 2.37. The van der Waals surface area contributed by atoms with Gasteiger partial charge in [0.15, 0.2) is 0 Å². The van der Waals surface area contributed by atoms with Crippen LogP contribution in [-0.2, 0) is 4.79 Å². The van der Waals surface area contributed by atoms with Crippen LogP contribution in [0.15, 0.2) is 0 Å². The molecule has 0 unspecified atom stereocenters. The molecule has 1 amide bonds. The fourth-order valence-corrected chi connectivity index (χ4v) is 1.80. The SMILES string of the molecule is CC(C)N(C(=O)[C]1[CH][CH][CH][C]1O)C(C)C. The zero-order valence-corrected chi connectivity index (χ0v) is 9.69. The van der Waals surface area contributed by atoms with Gasteiger partial charge in [0.1, 0.15) is 12.0 Å². The molecule has 0 aliphatic heterocycles. The van der Waals surface area contributed by atoms with Gasteiger partial charge in [0.25, 0.3) is 0 Å². The molecule has 0 spiro atoms.